The average molecular weight is 287 g/mol. The number of pyridine rings is 1. The van der Waals surface area contributed by atoms with Gasteiger partial charge in [-0.2, -0.15) is 5.10 Å². The standard InChI is InChI=1S/C15H21N5O/c1-12-17-13(2)20(18-12)11-15-10-19(6-7-21-15)9-14-4-3-5-16-8-14/h3-5,8,15H,6-7,9-11H2,1-2H3/t15-/m0/s1. The first-order valence-electron chi connectivity index (χ1n) is 7.31. The summed E-state index contributed by atoms with van der Waals surface area (Å²) in [5.41, 5.74) is 1.24. The van der Waals surface area contributed by atoms with E-state index in [1.54, 1.807) is 6.20 Å². The lowest BCUT2D eigenvalue weighted by atomic mass is 10.2. The lowest BCUT2D eigenvalue weighted by Gasteiger charge is -2.32. The molecule has 1 saturated heterocycles. The summed E-state index contributed by atoms with van der Waals surface area (Å²) >= 11 is 0. The van der Waals surface area contributed by atoms with Crippen LogP contribution in [0.3, 0.4) is 0 Å². The second-order valence-electron chi connectivity index (χ2n) is 5.48. The highest BCUT2D eigenvalue weighted by atomic mass is 16.5. The molecule has 3 heterocycles. The lowest BCUT2D eigenvalue weighted by Crippen LogP contribution is -2.44. The molecule has 2 aromatic heterocycles. The van der Waals surface area contributed by atoms with Crippen LogP contribution >= 0.6 is 0 Å². The highest BCUT2D eigenvalue weighted by Gasteiger charge is 2.22. The van der Waals surface area contributed by atoms with Crippen molar-refractivity contribution >= 4 is 0 Å². The van der Waals surface area contributed by atoms with Gasteiger partial charge in [-0.25, -0.2) is 9.67 Å². The van der Waals surface area contributed by atoms with Crippen molar-refractivity contribution in [3.63, 3.8) is 0 Å². The first-order chi connectivity index (χ1) is 10.2. The Morgan fingerprint density at radius 2 is 2.29 bits per heavy atom. The van der Waals surface area contributed by atoms with Gasteiger partial charge < -0.3 is 4.74 Å². The molecule has 21 heavy (non-hydrogen) atoms. The fourth-order valence-corrected chi connectivity index (χ4v) is 2.71. The molecule has 2 aromatic rings. The molecule has 1 aliphatic rings. The van der Waals surface area contributed by atoms with E-state index in [1.165, 1.54) is 5.56 Å². The van der Waals surface area contributed by atoms with Gasteiger partial charge in [0.2, 0.25) is 0 Å². The van der Waals surface area contributed by atoms with E-state index in [-0.39, 0.29) is 6.10 Å². The zero-order valence-electron chi connectivity index (χ0n) is 12.6. The van der Waals surface area contributed by atoms with Crippen molar-refractivity contribution in [3.05, 3.63) is 41.7 Å². The van der Waals surface area contributed by atoms with Gasteiger partial charge in [0.15, 0.2) is 0 Å². The van der Waals surface area contributed by atoms with Gasteiger partial charge in [-0.15, -0.1) is 0 Å². The second-order valence-corrected chi connectivity index (χ2v) is 5.48. The van der Waals surface area contributed by atoms with Crippen LogP contribution in [0.25, 0.3) is 0 Å². The van der Waals surface area contributed by atoms with Crippen LogP contribution in [0.1, 0.15) is 17.2 Å². The molecule has 3 rings (SSSR count). The third-order valence-electron chi connectivity index (χ3n) is 3.69. The van der Waals surface area contributed by atoms with E-state index >= 15 is 0 Å². The predicted molar refractivity (Wildman–Crippen MR) is 78.8 cm³/mol. The monoisotopic (exact) mass is 287 g/mol. The maximum atomic E-state index is 5.87. The van der Waals surface area contributed by atoms with Crippen molar-refractivity contribution in [1.82, 2.24) is 24.6 Å². The summed E-state index contributed by atoms with van der Waals surface area (Å²) in [6.45, 7) is 8.21. The van der Waals surface area contributed by atoms with Crippen molar-refractivity contribution in [3.8, 4) is 0 Å². The van der Waals surface area contributed by atoms with Crippen LogP contribution in [-0.4, -0.2) is 50.4 Å². The van der Waals surface area contributed by atoms with Crippen LogP contribution in [0.15, 0.2) is 24.5 Å². The minimum Gasteiger partial charge on any atom is -0.374 e. The molecule has 0 spiro atoms. The van der Waals surface area contributed by atoms with E-state index in [2.05, 4.69) is 26.0 Å². The maximum absolute atomic E-state index is 5.87. The Labute approximate surface area is 124 Å². The van der Waals surface area contributed by atoms with Crippen LogP contribution in [0.4, 0.5) is 0 Å². The van der Waals surface area contributed by atoms with Crippen molar-refractivity contribution in [1.29, 1.82) is 0 Å². The summed E-state index contributed by atoms with van der Waals surface area (Å²) in [7, 11) is 0. The molecule has 1 atom stereocenters. The van der Waals surface area contributed by atoms with Crippen LogP contribution in [-0.2, 0) is 17.8 Å². The Bertz CT molecular complexity index is 583. The van der Waals surface area contributed by atoms with E-state index in [4.69, 9.17) is 4.74 Å². The Kier molecular flexibility index (Phi) is 4.26. The molecule has 112 valence electrons. The SMILES string of the molecule is Cc1nc(C)n(C[C@@H]2CN(Cc3cccnc3)CCO2)n1. The Morgan fingerprint density at radius 3 is 3.00 bits per heavy atom. The van der Waals surface area contributed by atoms with E-state index in [9.17, 15) is 0 Å². The number of hydrogen-bond acceptors (Lipinski definition) is 5. The van der Waals surface area contributed by atoms with Gasteiger partial charge in [-0.05, 0) is 25.5 Å². The molecule has 0 saturated carbocycles. The molecule has 1 aliphatic heterocycles. The van der Waals surface area contributed by atoms with E-state index in [0.29, 0.717) is 0 Å². The number of nitrogens with zero attached hydrogens (tertiary/aromatic N) is 5. The third kappa shape index (κ3) is 3.65. The first kappa shape index (κ1) is 14.2. The summed E-state index contributed by atoms with van der Waals surface area (Å²) in [5, 5.41) is 4.41. The minimum atomic E-state index is 0.162. The highest BCUT2D eigenvalue weighted by molar-refractivity contribution is 5.08. The molecule has 6 heteroatoms. The fourth-order valence-electron chi connectivity index (χ4n) is 2.71. The van der Waals surface area contributed by atoms with Gasteiger partial charge in [-0.3, -0.25) is 9.88 Å². The summed E-state index contributed by atoms with van der Waals surface area (Å²) in [5.74, 6) is 1.76. The predicted octanol–water partition coefficient (Wildman–Crippen LogP) is 1.19. The molecule has 0 aliphatic carbocycles. The van der Waals surface area contributed by atoms with E-state index in [0.717, 1.165) is 44.4 Å². The number of rotatable bonds is 4. The zero-order valence-corrected chi connectivity index (χ0v) is 12.6. The van der Waals surface area contributed by atoms with Crippen LogP contribution in [0.5, 0.6) is 0 Å². The summed E-state index contributed by atoms with van der Waals surface area (Å²) in [6, 6.07) is 4.09. The van der Waals surface area contributed by atoms with Crippen molar-refractivity contribution in [2.24, 2.45) is 0 Å². The van der Waals surface area contributed by atoms with Crippen LogP contribution in [0.2, 0.25) is 0 Å². The summed E-state index contributed by atoms with van der Waals surface area (Å²) < 4.78 is 7.81. The largest absolute Gasteiger partial charge is 0.374 e. The number of aromatic nitrogens is 4. The molecule has 0 N–H and O–H groups in total. The summed E-state index contributed by atoms with van der Waals surface area (Å²) in [4.78, 5) is 10.9. The fraction of sp³-hybridized carbons (Fsp3) is 0.533. The smallest absolute Gasteiger partial charge is 0.147 e. The average Bonchev–Trinajstić information content (AvgIpc) is 2.78. The normalized spacial score (nSPS) is 19.8. The number of aryl methyl sites for hydroxylation is 2. The number of ether oxygens (including phenoxy) is 1. The minimum absolute atomic E-state index is 0.162. The Hall–Kier alpha value is -1.79. The van der Waals surface area contributed by atoms with E-state index < -0.39 is 0 Å². The topological polar surface area (TPSA) is 56.1 Å². The maximum Gasteiger partial charge on any atom is 0.147 e. The third-order valence-corrected chi connectivity index (χ3v) is 3.69. The van der Waals surface area contributed by atoms with E-state index in [1.807, 2.05) is 30.8 Å². The lowest BCUT2D eigenvalue weighted by molar-refractivity contribution is -0.0405. The highest BCUT2D eigenvalue weighted by Crippen LogP contribution is 2.12. The van der Waals surface area contributed by atoms with Crippen molar-refractivity contribution in [2.45, 2.75) is 33.0 Å². The molecule has 0 radical (unpaired) electrons. The van der Waals surface area contributed by atoms with Gasteiger partial charge in [0, 0.05) is 32.0 Å². The van der Waals surface area contributed by atoms with Crippen molar-refractivity contribution < 1.29 is 4.74 Å². The van der Waals surface area contributed by atoms with Gasteiger partial charge in [-0.1, -0.05) is 6.07 Å². The molecule has 0 unspecified atom stereocenters. The van der Waals surface area contributed by atoms with Gasteiger partial charge in [0.25, 0.3) is 0 Å². The Morgan fingerprint density at radius 1 is 1.38 bits per heavy atom. The van der Waals surface area contributed by atoms with Gasteiger partial charge in [0.1, 0.15) is 11.6 Å². The molecule has 6 nitrogen and oxygen atoms in total. The molecule has 0 bridgehead atoms. The summed E-state index contributed by atoms with van der Waals surface area (Å²) in [6.07, 6.45) is 3.90. The van der Waals surface area contributed by atoms with Crippen LogP contribution < -0.4 is 0 Å². The molecule has 1 fully saturated rings. The van der Waals surface area contributed by atoms with Gasteiger partial charge >= 0.3 is 0 Å². The second kappa shape index (κ2) is 6.32. The molecular formula is C15H21N5O. The van der Waals surface area contributed by atoms with Gasteiger partial charge in [0.05, 0.1) is 19.3 Å². The molecule has 0 aromatic carbocycles. The van der Waals surface area contributed by atoms with Crippen LogP contribution in [0, 0.1) is 13.8 Å². The Balaban J connectivity index is 1.59. The first-order valence-corrected chi connectivity index (χ1v) is 7.31. The quantitative estimate of drug-likeness (QED) is 0.845. The zero-order chi connectivity index (χ0) is 14.7. The molecule has 0 amide bonds. The molecular weight excluding hydrogens is 266 g/mol. The number of hydrogen-bond donors (Lipinski definition) is 0. The number of morpholine rings is 1. The van der Waals surface area contributed by atoms with Crippen molar-refractivity contribution in [2.75, 3.05) is 19.7 Å².